The predicted octanol–water partition coefficient (Wildman–Crippen LogP) is 3.72. The van der Waals surface area contributed by atoms with E-state index in [2.05, 4.69) is 20.3 Å². The molecule has 0 radical (unpaired) electrons. The normalized spacial score (nSPS) is 11.5. The van der Waals surface area contributed by atoms with E-state index in [0.29, 0.717) is 28.4 Å². The number of rotatable bonds is 4. The van der Waals surface area contributed by atoms with E-state index in [1.807, 2.05) is 16.5 Å². The van der Waals surface area contributed by atoms with Crippen LogP contribution in [-0.2, 0) is 0 Å². The van der Waals surface area contributed by atoms with Gasteiger partial charge in [-0.15, -0.1) is 0 Å². The van der Waals surface area contributed by atoms with Gasteiger partial charge in [-0.1, -0.05) is 12.1 Å². The van der Waals surface area contributed by atoms with Crippen molar-refractivity contribution >= 4 is 23.2 Å². The molecule has 0 spiro atoms. The number of carbonyl (C=O) groups excluding carboxylic acids is 1. The highest BCUT2D eigenvalue weighted by Gasteiger charge is 2.27. The molecule has 11 heteroatoms. The summed E-state index contributed by atoms with van der Waals surface area (Å²) >= 11 is 0. The third-order valence-electron chi connectivity index (χ3n) is 4.38. The van der Waals surface area contributed by atoms with Gasteiger partial charge in [0.25, 0.3) is 0 Å². The molecule has 0 saturated heterocycles. The van der Waals surface area contributed by atoms with E-state index in [1.165, 1.54) is 6.20 Å². The van der Waals surface area contributed by atoms with Gasteiger partial charge >= 0.3 is 12.2 Å². The van der Waals surface area contributed by atoms with Crippen LogP contribution < -0.4 is 16.4 Å². The number of imidazole rings is 1. The number of fused-ring (bicyclic) bond motifs is 1. The van der Waals surface area contributed by atoms with E-state index in [4.69, 9.17) is 5.73 Å². The smallest absolute Gasteiger partial charge is 0.382 e. The molecule has 3 aromatic heterocycles. The monoisotopic (exact) mass is 427 g/mol. The third-order valence-corrected chi connectivity index (χ3v) is 4.38. The lowest BCUT2D eigenvalue weighted by atomic mass is 10.1. The van der Waals surface area contributed by atoms with Crippen molar-refractivity contribution in [2.75, 3.05) is 17.6 Å². The molecule has 0 fully saturated rings. The second-order valence-corrected chi connectivity index (χ2v) is 6.58. The molecule has 2 amide bonds. The molecule has 0 atom stereocenters. The first-order chi connectivity index (χ1) is 14.8. The van der Waals surface area contributed by atoms with Gasteiger partial charge in [0.05, 0.1) is 11.9 Å². The number of nitrogens with zero attached hydrogens (tertiary/aromatic N) is 4. The Balaban J connectivity index is 1.59. The molecular weight excluding hydrogens is 411 g/mol. The number of nitrogens with one attached hydrogen (secondary N) is 2. The Morgan fingerprint density at radius 3 is 2.65 bits per heavy atom. The van der Waals surface area contributed by atoms with Crippen molar-refractivity contribution in [3.63, 3.8) is 0 Å². The molecule has 0 aliphatic carbocycles. The number of carbonyl (C=O) groups is 1. The fourth-order valence-corrected chi connectivity index (χ4v) is 3.02. The highest BCUT2D eigenvalue weighted by Crippen LogP contribution is 2.27. The van der Waals surface area contributed by atoms with Gasteiger partial charge in [0, 0.05) is 35.4 Å². The van der Waals surface area contributed by atoms with Gasteiger partial charge < -0.3 is 16.4 Å². The minimum Gasteiger partial charge on any atom is -0.382 e. The first-order valence-corrected chi connectivity index (χ1v) is 9.06. The molecule has 4 rings (SSSR count). The van der Waals surface area contributed by atoms with E-state index in [0.717, 1.165) is 11.3 Å². The Hall–Kier alpha value is -4.15. The lowest BCUT2D eigenvalue weighted by Gasteiger charge is -2.11. The van der Waals surface area contributed by atoms with Crippen LogP contribution in [0.4, 0.5) is 29.5 Å². The van der Waals surface area contributed by atoms with E-state index >= 15 is 0 Å². The zero-order valence-electron chi connectivity index (χ0n) is 15.9. The number of anilines is 2. The second-order valence-electron chi connectivity index (χ2n) is 6.58. The average Bonchev–Trinajstić information content (AvgIpc) is 3.16. The van der Waals surface area contributed by atoms with Gasteiger partial charge in [0.15, 0.2) is 0 Å². The molecule has 0 saturated carbocycles. The van der Waals surface area contributed by atoms with Crippen LogP contribution in [0.3, 0.4) is 0 Å². The maximum atomic E-state index is 12.2. The summed E-state index contributed by atoms with van der Waals surface area (Å²) < 4.78 is 38.6. The summed E-state index contributed by atoms with van der Waals surface area (Å²) in [6, 6.07) is 9.40. The quantitative estimate of drug-likeness (QED) is 0.460. The topological polar surface area (TPSA) is 110 Å². The molecule has 31 heavy (non-hydrogen) atoms. The number of pyridine rings is 1. The maximum absolute atomic E-state index is 12.2. The molecule has 0 aliphatic rings. The highest BCUT2D eigenvalue weighted by molar-refractivity contribution is 5.90. The summed E-state index contributed by atoms with van der Waals surface area (Å²) in [5.41, 5.74) is 9.62. The van der Waals surface area contributed by atoms with Crippen molar-refractivity contribution in [1.29, 1.82) is 0 Å². The number of nitrogens with two attached hydrogens (primary N) is 1. The summed E-state index contributed by atoms with van der Waals surface area (Å²) in [6.45, 7) is -1.41. The zero-order chi connectivity index (χ0) is 22.0. The van der Waals surface area contributed by atoms with Crippen LogP contribution in [0.5, 0.6) is 0 Å². The fourth-order valence-electron chi connectivity index (χ4n) is 3.02. The van der Waals surface area contributed by atoms with Gasteiger partial charge in [-0.2, -0.15) is 13.2 Å². The number of benzene rings is 1. The Kier molecular flexibility index (Phi) is 5.15. The largest absolute Gasteiger partial charge is 0.405 e. The summed E-state index contributed by atoms with van der Waals surface area (Å²) in [4.78, 5) is 24.4. The van der Waals surface area contributed by atoms with Crippen molar-refractivity contribution in [2.45, 2.75) is 6.18 Å². The van der Waals surface area contributed by atoms with Crippen molar-refractivity contribution < 1.29 is 18.0 Å². The van der Waals surface area contributed by atoms with E-state index < -0.39 is 18.8 Å². The van der Waals surface area contributed by atoms with Crippen LogP contribution in [0.25, 0.3) is 28.2 Å². The van der Waals surface area contributed by atoms with Crippen LogP contribution in [0.2, 0.25) is 0 Å². The number of nitrogen functional groups attached to an aromatic ring is 1. The van der Waals surface area contributed by atoms with Gasteiger partial charge in [0.1, 0.15) is 23.7 Å². The molecule has 0 unspecified atom stereocenters. The Labute approximate surface area is 174 Å². The third kappa shape index (κ3) is 4.55. The SMILES string of the molecule is Nc1nccnc1-c1ccn2c(-c3cccc(NC(=O)NCC(F)(F)F)c3)cnc2c1. The summed E-state index contributed by atoms with van der Waals surface area (Å²) in [5, 5.41) is 4.16. The summed E-state index contributed by atoms with van der Waals surface area (Å²) in [6.07, 6.45) is 2.04. The number of urea groups is 1. The zero-order valence-corrected chi connectivity index (χ0v) is 15.9. The molecule has 8 nitrogen and oxygen atoms in total. The standard InChI is InChI=1S/C20H16F3N7O/c21-20(22,23)11-28-19(31)29-14-3-1-2-12(8-14)15-10-27-16-9-13(4-7-30(15)16)17-18(24)26-6-5-25-17/h1-10H,11H2,(H2,24,26)(H2,28,29,31). The van der Waals surface area contributed by atoms with Crippen LogP contribution in [0.1, 0.15) is 0 Å². The lowest BCUT2D eigenvalue weighted by Crippen LogP contribution is -2.36. The summed E-state index contributed by atoms with van der Waals surface area (Å²) in [5.74, 6) is 0.307. The molecule has 3 heterocycles. The van der Waals surface area contributed by atoms with Crippen molar-refractivity contribution in [1.82, 2.24) is 24.7 Å². The molecule has 1 aromatic carbocycles. The Bertz CT molecular complexity index is 1250. The van der Waals surface area contributed by atoms with E-state index in [9.17, 15) is 18.0 Å². The van der Waals surface area contributed by atoms with Gasteiger partial charge in [0.2, 0.25) is 0 Å². The van der Waals surface area contributed by atoms with Crippen molar-refractivity contribution in [3.8, 4) is 22.5 Å². The number of alkyl halides is 3. The number of amides is 2. The van der Waals surface area contributed by atoms with Gasteiger partial charge in [-0.05, 0) is 24.3 Å². The van der Waals surface area contributed by atoms with Crippen molar-refractivity contribution in [2.24, 2.45) is 0 Å². The number of hydrogen-bond donors (Lipinski definition) is 3. The predicted molar refractivity (Wildman–Crippen MR) is 109 cm³/mol. The Morgan fingerprint density at radius 1 is 1.06 bits per heavy atom. The van der Waals surface area contributed by atoms with E-state index in [1.54, 1.807) is 48.2 Å². The number of aromatic nitrogens is 4. The fraction of sp³-hybridized carbons (Fsp3) is 0.100. The molecule has 4 N–H and O–H groups in total. The number of halogens is 3. The first-order valence-electron chi connectivity index (χ1n) is 9.06. The van der Waals surface area contributed by atoms with Crippen LogP contribution in [0.15, 0.2) is 61.2 Å². The van der Waals surface area contributed by atoms with Gasteiger partial charge in [-0.25, -0.2) is 14.8 Å². The average molecular weight is 427 g/mol. The van der Waals surface area contributed by atoms with Crippen LogP contribution in [-0.4, -0.2) is 38.1 Å². The maximum Gasteiger partial charge on any atom is 0.405 e. The molecule has 4 aromatic rings. The first kappa shape index (κ1) is 20.1. The minimum atomic E-state index is -4.48. The molecule has 0 bridgehead atoms. The number of hydrogen-bond acceptors (Lipinski definition) is 5. The lowest BCUT2D eigenvalue weighted by molar-refractivity contribution is -0.122. The van der Waals surface area contributed by atoms with Crippen LogP contribution >= 0.6 is 0 Å². The highest BCUT2D eigenvalue weighted by atomic mass is 19.4. The van der Waals surface area contributed by atoms with Gasteiger partial charge in [-0.3, -0.25) is 9.38 Å². The molecule has 0 aliphatic heterocycles. The van der Waals surface area contributed by atoms with Crippen molar-refractivity contribution in [3.05, 3.63) is 61.2 Å². The van der Waals surface area contributed by atoms with E-state index in [-0.39, 0.29) is 0 Å². The summed E-state index contributed by atoms with van der Waals surface area (Å²) in [7, 11) is 0. The van der Waals surface area contributed by atoms with Crippen LogP contribution in [0, 0.1) is 0 Å². The second kappa shape index (κ2) is 7.94. The molecular formula is C20H16F3N7O. The Morgan fingerprint density at radius 2 is 1.87 bits per heavy atom. The molecule has 158 valence electrons. The minimum absolute atomic E-state index is 0.307.